The first-order chi connectivity index (χ1) is 8.89. The lowest BCUT2D eigenvalue weighted by Gasteiger charge is -2.23. The summed E-state index contributed by atoms with van der Waals surface area (Å²) in [5, 5.41) is 2.40. The van der Waals surface area contributed by atoms with Gasteiger partial charge in [0.1, 0.15) is 5.75 Å². The van der Waals surface area contributed by atoms with Crippen LogP contribution >= 0.6 is 0 Å². The monoisotopic (exact) mass is 257 g/mol. The summed E-state index contributed by atoms with van der Waals surface area (Å²) >= 11 is 0. The summed E-state index contributed by atoms with van der Waals surface area (Å²) in [6, 6.07) is 12.6. The van der Waals surface area contributed by atoms with Crippen LogP contribution in [0.4, 0.5) is 0 Å². The zero-order valence-electron chi connectivity index (χ0n) is 12.2. The third-order valence-electron chi connectivity index (χ3n) is 3.33. The van der Waals surface area contributed by atoms with Crippen molar-refractivity contribution in [2.24, 2.45) is 11.1 Å². The van der Waals surface area contributed by atoms with Crippen LogP contribution in [0.2, 0.25) is 0 Å². The minimum atomic E-state index is 0.0894. The molecule has 0 heterocycles. The van der Waals surface area contributed by atoms with E-state index in [0.717, 1.165) is 12.2 Å². The quantitative estimate of drug-likeness (QED) is 0.890. The fourth-order valence-corrected chi connectivity index (χ4v) is 2.38. The van der Waals surface area contributed by atoms with E-state index in [2.05, 4.69) is 45.0 Å². The lowest BCUT2D eigenvalue weighted by molar-refractivity contribution is 0.343. The Kier molecular flexibility index (Phi) is 3.81. The average Bonchev–Trinajstić information content (AvgIpc) is 2.35. The van der Waals surface area contributed by atoms with E-state index in [1.165, 1.54) is 16.3 Å². The van der Waals surface area contributed by atoms with E-state index in [0.29, 0.717) is 0 Å². The average molecular weight is 257 g/mol. The molecule has 2 N–H and O–H groups in total. The molecule has 0 saturated carbocycles. The number of benzene rings is 2. The molecule has 102 valence electrons. The zero-order valence-corrected chi connectivity index (χ0v) is 12.2. The highest BCUT2D eigenvalue weighted by atomic mass is 16.5. The van der Waals surface area contributed by atoms with Crippen LogP contribution < -0.4 is 10.5 Å². The third-order valence-corrected chi connectivity index (χ3v) is 3.33. The summed E-state index contributed by atoms with van der Waals surface area (Å²) in [6.45, 7) is 6.66. The summed E-state index contributed by atoms with van der Waals surface area (Å²) in [4.78, 5) is 0. The van der Waals surface area contributed by atoms with Gasteiger partial charge in [0.2, 0.25) is 0 Å². The Bertz CT molecular complexity index is 569. The van der Waals surface area contributed by atoms with E-state index >= 15 is 0 Å². The normalized spacial score (nSPS) is 13.5. The molecular formula is C17H23NO. The highest BCUT2D eigenvalue weighted by Gasteiger charge is 2.17. The molecule has 0 aromatic heterocycles. The van der Waals surface area contributed by atoms with Gasteiger partial charge in [-0.1, -0.05) is 39.0 Å². The minimum Gasteiger partial charge on any atom is -0.497 e. The van der Waals surface area contributed by atoms with Crippen LogP contribution in [-0.4, -0.2) is 7.11 Å². The molecule has 1 unspecified atom stereocenters. The Morgan fingerprint density at radius 2 is 1.68 bits per heavy atom. The first kappa shape index (κ1) is 13.9. The molecule has 0 aliphatic heterocycles. The van der Waals surface area contributed by atoms with Gasteiger partial charge in [0.15, 0.2) is 0 Å². The van der Waals surface area contributed by atoms with Crippen molar-refractivity contribution in [3.8, 4) is 5.75 Å². The number of ether oxygens (including phenoxy) is 1. The molecule has 0 bridgehead atoms. The Morgan fingerprint density at radius 3 is 2.32 bits per heavy atom. The van der Waals surface area contributed by atoms with E-state index in [9.17, 15) is 0 Å². The fraction of sp³-hybridized carbons (Fsp3) is 0.412. The summed E-state index contributed by atoms with van der Waals surface area (Å²) < 4.78 is 5.24. The van der Waals surface area contributed by atoms with Crippen molar-refractivity contribution in [1.29, 1.82) is 0 Å². The lowest BCUT2D eigenvalue weighted by atomic mass is 9.85. The molecule has 0 aliphatic rings. The molecule has 2 rings (SSSR count). The maximum absolute atomic E-state index is 6.30. The fourth-order valence-electron chi connectivity index (χ4n) is 2.38. The predicted octanol–water partition coefficient (Wildman–Crippen LogP) is 4.28. The van der Waals surface area contributed by atoms with E-state index in [1.54, 1.807) is 7.11 Å². The molecule has 0 saturated heterocycles. The number of methoxy groups -OCH3 is 1. The van der Waals surface area contributed by atoms with Gasteiger partial charge in [-0.3, -0.25) is 0 Å². The van der Waals surface area contributed by atoms with Crippen molar-refractivity contribution in [2.75, 3.05) is 7.11 Å². The first-order valence-corrected chi connectivity index (χ1v) is 6.72. The van der Waals surface area contributed by atoms with Gasteiger partial charge >= 0.3 is 0 Å². The largest absolute Gasteiger partial charge is 0.497 e. The first-order valence-electron chi connectivity index (χ1n) is 6.72. The number of rotatable bonds is 3. The van der Waals surface area contributed by atoms with Crippen molar-refractivity contribution >= 4 is 10.8 Å². The maximum Gasteiger partial charge on any atom is 0.119 e. The minimum absolute atomic E-state index is 0.0894. The van der Waals surface area contributed by atoms with Crippen LogP contribution in [0.15, 0.2) is 36.4 Å². The Morgan fingerprint density at radius 1 is 1.05 bits per heavy atom. The zero-order chi connectivity index (χ0) is 14.0. The van der Waals surface area contributed by atoms with Gasteiger partial charge in [-0.25, -0.2) is 0 Å². The molecule has 0 amide bonds. The van der Waals surface area contributed by atoms with E-state index in [4.69, 9.17) is 10.5 Å². The molecule has 19 heavy (non-hydrogen) atoms. The maximum atomic E-state index is 6.30. The van der Waals surface area contributed by atoms with Crippen LogP contribution in [0.5, 0.6) is 5.75 Å². The molecule has 2 heteroatoms. The molecule has 2 aromatic rings. The summed E-state index contributed by atoms with van der Waals surface area (Å²) in [6.07, 6.45) is 0.981. The van der Waals surface area contributed by atoms with Crippen LogP contribution in [0.25, 0.3) is 10.8 Å². The highest BCUT2D eigenvalue weighted by Crippen LogP contribution is 2.30. The second kappa shape index (κ2) is 5.22. The van der Waals surface area contributed by atoms with Crippen LogP contribution in [-0.2, 0) is 0 Å². The Labute approximate surface area is 115 Å². The van der Waals surface area contributed by atoms with Crippen molar-refractivity contribution in [3.63, 3.8) is 0 Å². The Hall–Kier alpha value is -1.54. The number of hydrogen-bond acceptors (Lipinski definition) is 2. The standard InChI is InChI=1S/C17H23NO/c1-17(2,3)11-16(18)14-6-5-13-10-15(19-4)8-7-12(13)9-14/h5-10,16H,11,18H2,1-4H3. The second-order valence-corrected chi connectivity index (χ2v) is 6.34. The van der Waals surface area contributed by atoms with Gasteiger partial charge in [0.25, 0.3) is 0 Å². The van der Waals surface area contributed by atoms with E-state index < -0.39 is 0 Å². The third kappa shape index (κ3) is 3.48. The highest BCUT2D eigenvalue weighted by molar-refractivity contribution is 5.84. The molecule has 2 nitrogen and oxygen atoms in total. The molecular weight excluding hydrogens is 234 g/mol. The van der Waals surface area contributed by atoms with Gasteiger partial charge in [-0.15, -0.1) is 0 Å². The molecule has 0 fully saturated rings. The molecule has 1 atom stereocenters. The van der Waals surface area contributed by atoms with Crippen molar-refractivity contribution < 1.29 is 4.74 Å². The van der Waals surface area contributed by atoms with Crippen molar-refractivity contribution in [2.45, 2.75) is 33.2 Å². The van der Waals surface area contributed by atoms with Crippen molar-refractivity contribution in [3.05, 3.63) is 42.0 Å². The molecule has 2 aromatic carbocycles. The van der Waals surface area contributed by atoms with Crippen LogP contribution in [0, 0.1) is 5.41 Å². The molecule has 0 aliphatic carbocycles. The molecule has 0 spiro atoms. The van der Waals surface area contributed by atoms with Gasteiger partial charge in [-0.05, 0) is 46.4 Å². The Balaban J connectivity index is 2.31. The molecule has 0 radical (unpaired) electrons. The smallest absolute Gasteiger partial charge is 0.119 e. The topological polar surface area (TPSA) is 35.2 Å². The van der Waals surface area contributed by atoms with E-state index in [-0.39, 0.29) is 11.5 Å². The number of fused-ring (bicyclic) bond motifs is 1. The lowest BCUT2D eigenvalue weighted by Crippen LogP contribution is -2.18. The SMILES string of the molecule is COc1ccc2cc(C(N)CC(C)(C)C)ccc2c1. The van der Waals surface area contributed by atoms with Crippen LogP contribution in [0.3, 0.4) is 0 Å². The van der Waals surface area contributed by atoms with Gasteiger partial charge in [-0.2, -0.15) is 0 Å². The summed E-state index contributed by atoms with van der Waals surface area (Å²) in [5.41, 5.74) is 7.75. The number of nitrogens with two attached hydrogens (primary N) is 1. The van der Waals surface area contributed by atoms with Gasteiger partial charge in [0, 0.05) is 6.04 Å². The van der Waals surface area contributed by atoms with Crippen LogP contribution in [0.1, 0.15) is 38.8 Å². The van der Waals surface area contributed by atoms with Crippen molar-refractivity contribution in [1.82, 2.24) is 0 Å². The summed E-state index contributed by atoms with van der Waals surface area (Å²) in [7, 11) is 1.69. The van der Waals surface area contributed by atoms with Gasteiger partial charge < -0.3 is 10.5 Å². The number of hydrogen-bond donors (Lipinski definition) is 1. The summed E-state index contributed by atoms with van der Waals surface area (Å²) in [5.74, 6) is 0.888. The van der Waals surface area contributed by atoms with E-state index in [1.807, 2.05) is 12.1 Å². The van der Waals surface area contributed by atoms with Gasteiger partial charge in [0.05, 0.1) is 7.11 Å². The second-order valence-electron chi connectivity index (χ2n) is 6.34. The predicted molar refractivity (Wildman–Crippen MR) is 81.5 cm³/mol.